The molecular weight excluding hydrogens is 334 g/mol. The van der Waals surface area contributed by atoms with Crippen molar-refractivity contribution in [3.05, 3.63) is 71.3 Å². The predicted molar refractivity (Wildman–Crippen MR) is 107 cm³/mol. The zero-order valence-corrected chi connectivity index (χ0v) is 15.6. The average molecular weight is 360 g/mol. The van der Waals surface area contributed by atoms with Crippen molar-refractivity contribution in [1.82, 2.24) is 10.6 Å². The lowest BCUT2D eigenvalue weighted by Gasteiger charge is -2.11. The summed E-state index contributed by atoms with van der Waals surface area (Å²) in [6, 6.07) is 17.9. The standard InChI is InChI=1S/C20H25N3O.ClH/c1-16-11-13-18(14-12-16)19(24)23-20(21-2)22-15-7-6-10-17-8-4-3-5-9-17;/h3-5,8-9,11-14H,6-7,10,15H2,1-2H3,(H2,21,22,23,24);1H. The smallest absolute Gasteiger partial charge is 0.257 e. The Labute approximate surface area is 156 Å². The van der Waals surface area contributed by atoms with Crippen molar-refractivity contribution in [2.45, 2.75) is 26.2 Å². The van der Waals surface area contributed by atoms with Gasteiger partial charge in [-0.05, 0) is 43.9 Å². The van der Waals surface area contributed by atoms with E-state index in [0.29, 0.717) is 11.5 Å². The van der Waals surface area contributed by atoms with Gasteiger partial charge in [0.1, 0.15) is 0 Å². The van der Waals surface area contributed by atoms with Crippen molar-refractivity contribution < 1.29 is 4.79 Å². The predicted octanol–water partition coefficient (Wildman–Crippen LogP) is 3.74. The molecule has 0 radical (unpaired) electrons. The van der Waals surface area contributed by atoms with Gasteiger partial charge >= 0.3 is 0 Å². The molecule has 1 amide bonds. The van der Waals surface area contributed by atoms with Gasteiger partial charge in [-0.15, -0.1) is 12.4 Å². The van der Waals surface area contributed by atoms with Crippen LogP contribution in [-0.2, 0) is 6.42 Å². The average Bonchev–Trinajstić information content (AvgIpc) is 2.61. The highest BCUT2D eigenvalue weighted by Gasteiger charge is 2.07. The molecule has 0 atom stereocenters. The number of nitrogens with zero attached hydrogens (tertiary/aromatic N) is 1. The Balaban J connectivity index is 0.00000312. The molecular formula is C20H26ClN3O. The van der Waals surface area contributed by atoms with Gasteiger partial charge in [0.25, 0.3) is 5.91 Å². The summed E-state index contributed by atoms with van der Waals surface area (Å²) in [7, 11) is 1.67. The summed E-state index contributed by atoms with van der Waals surface area (Å²) >= 11 is 0. The Kier molecular flexibility index (Phi) is 9.33. The highest BCUT2D eigenvalue weighted by atomic mass is 35.5. The molecule has 25 heavy (non-hydrogen) atoms. The fraction of sp³-hybridized carbons (Fsp3) is 0.300. The normalized spacial score (nSPS) is 10.7. The molecule has 0 aliphatic carbocycles. The van der Waals surface area contributed by atoms with Gasteiger partial charge in [-0.25, -0.2) is 0 Å². The van der Waals surface area contributed by atoms with Crippen molar-refractivity contribution in [3.8, 4) is 0 Å². The van der Waals surface area contributed by atoms with Crippen molar-refractivity contribution in [2.24, 2.45) is 4.99 Å². The maximum Gasteiger partial charge on any atom is 0.257 e. The third-order valence-electron chi connectivity index (χ3n) is 3.80. The van der Waals surface area contributed by atoms with Crippen LogP contribution in [0.5, 0.6) is 0 Å². The van der Waals surface area contributed by atoms with Crippen LogP contribution in [0.2, 0.25) is 0 Å². The first-order chi connectivity index (χ1) is 11.7. The van der Waals surface area contributed by atoms with Crippen molar-refractivity contribution in [1.29, 1.82) is 0 Å². The number of rotatable bonds is 6. The molecule has 0 aliphatic heterocycles. The number of benzene rings is 2. The highest BCUT2D eigenvalue weighted by Crippen LogP contribution is 2.04. The van der Waals surface area contributed by atoms with E-state index in [4.69, 9.17) is 0 Å². The third-order valence-corrected chi connectivity index (χ3v) is 3.80. The van der Waals surface area contributed by atoms with E-state index in [1.807, 2.05) is 37.3 Å². The van der Waals surface area contributed by atoms with Gasteiger partial charge in [0.15, 0.2) is 5.96 Å². The molecule has 2 rings (SSSR count). The number of carbonyl (C=O) groups excluding carboxylic acids is 1. The summed E-state index contributed by atoms with van der Waals surface area (Å²) in [5.41, 5.74) is 3.12. The SMILES string of the molecule is CN=C(NCCCCc1ccccc1)NC(=O)c1ccc(C)cc1.Cl. The van der Waals surface area contributed by atoms with Crippen LogP contribution < -0.4 is 10.6 Å². The topological polar surface area (TPSA) is 53.5 Å². The Morgan fingerprint density at radius 2 is 1.68 bits per heavy atom. The van der Waals surface area contributed by atoms with Crippen LogP contribution in [0, 0.1) is 6.92 Å². The lowest BCUT2D eigenvalue weighted by Crippen LogP contribution is -2.41. The van der Waals surface area contributed by atoms with E-state index in [1.165, 1.54) is 5.56 Å². The van der Waals surface area contributed by atoms with E-state index >= 15 is 0 Å². The molecule has 0 heterocycles. The van der Waals surface area contributed by atoms with Crippen molar-refractivity contribution >= 4 is 24.3 Å². The van der Waals surface area contributed by atoms with Gasteiger partial charge in [0.05, 0.1) is 0 Å². The van der Waals surface area contributed by atoms with Crippen LogP contribution >= 0.6 is 12.4 Å². The Morgan fingerprint density at radius 3 is 2.32 bits per heavy atom. The molecule has 4 nitrogen and oxygen atoms in total. The monoisotopic (exact) mass is 359 g/mol. The zero-order chi connectivity index (χ0) is 17.2. The lowest BCUT2D eigenvalue weighted by atomic mass is 10.1. The second kappa shape index (κ2) is 11.3. The Morgan fingerprint density at radius 1 is 1.00 bits per heavy atom. The summed E-state index contributed by atoms with van der Waals surface area (Å²) in [5, 5.41) is 6.00. The van der Waals surface area contributed by atoms with E-state index in [0.717, 1.165) is 31.4 Å². The minimum absolute atomic E-state index is 0. The second-order valence-electron chi connectivity index (χ2n) is 5.76. The van der Waals surface area contributed by atoms with Crippen LogP contribution in [0.1, 0.15) is 34.3 Å². The molecule has 2 aromatic rings. The van der Waals surface area contributed by atoms with Crippen LogP contribution in [-0.4, -0.2) is 25.5 Å². The molecule has 0 spiro atoms. The maximum atomic E-state index is 12.2. The molecule has 0 unspecified atom stereocenters. The van der Waals surface area contributed by atoms with Gasteiger partial charge in [-0.1, -0.05) is 48.0 Å². The van der Waals surface area contributed by atoms with Gasteiger partial charge in [0.2, 0.25) is 0 Å². The maximum absolute atomic E-state index is 12.2. The molecule has 0 aromatic heterocycles. The fourth-order valence-electron chi connectivity index (χ4n) is 2.37. The lowest BCUT2D eigenvalue weighted by molar-refractivity contribution is 0.0976. The minimum atomic E-state index is -0.146. The number of hydrogen-bond acceptors (Lipinski definition) is 2. The summed E-state index contributed by atoms with van der Waals surface area (Å²) in [5.74, 6) is 0.368. The number of unbranched alkanes of at least 4 members (excludes halogenated alkanes) is 1. The first-order valence-corrected chi connectivity index (χ1v) is 8.31. The number of carbonyl (C=O) groups is 1. The highest BCUT2D eigenvalue weighted by molar-refractivity contribution is 6.05. The van der Waals surface area contributed by atoms with E-state index < -0.39 is 0 Å². The molecule has 5 heteroatoms. The molecule has 0 saturated carbocycles. The molecule has 0 aliphatic rings. The first-order valence-electron chi connectivity index (χ1n) is 8.31. The van der Waals surface area contributed by atoms with E-state index in [2.05, 4.69) is 39.9 Å². The first kappa shape index (κ1) is 20.7. The second-order valence-corrected chi connectivity index (χ2v) is 5.76. The van der Waals surface area contributed by atoms with Crippen molar-refractivity contribution in [2.75, 3.05) is 13.6 Å². The molecule has 2 N–H and O–H groups in total. The number of aliphatic imine (C=N–C) groups is 1. The zero-order valence-electron chi connectivity index (χ0n) is 14.8. The van der Waals surface area contributed by atoms with Gasteiger partial charge in [-0.3, -0.25) is 15.1 Å². The van der Waals surface area contributed by atoms with E-state index in [-0.39, 0.29) is 18.3 Å². The number of amides is 1. The molecule has 134 valence electrons. The van der Waals surface area contributed by atoms with Gasteiger partial charge in [-0.2, -0.15) is 0 Å². The minimum Gasteiger partial charge on any atom is -0.356 e. The van der Waals surface area contributed by atoms with Gasteiger partial charge < -0.3 is 5.32 Å². The van der Waals surface area contributed by atoms with E-state index in [9.17, 15) is 4.79 Å². The number of aryl methyl sites for hydroxylation is 2. The molecule has 0 fully saturated rings. The Bertz CT molecular complexity index is 669. The van der Waals surface area contributed by atoms with Crippen molar-refractivity contribution in [3.63, 3.8) is 0 Å². The molecule has 2 aromatic carbocycles. The quantitative estimate of drug-likeness (QED) is 0.469. The summed E-state index contributed by atoms with van der Waals surface area (Å²) in [6.07, 6.45) is 3.19. The fourth-order valence-corrected chi connectivity index (χ4v) is 2.37. The van der Waals surface area contributed by atoms with Crippen LogP contribution in [0.15, 0.2) is 59.6 Å². The van der Waals surface area contributed by atoms with Gasteiger partial charge in [0, 0.05) is 19.2 Å². The van der Waals surface area contributed by atoms with Crippen LogP contribution in [0.3, 0.4) is 0 Å². The molecule has 0 bridgehead atoms. The summed E-state index contributed by atoms with van der Waals surface area (Å²) < 4.78 is 0. The van der Waals surface area contributed by atoms with Crippen LogP contribution in [0.4, 0.5) is 0 Å². The third kappa shape index (κ3) is 7.40. The Hall–Kier alpha value is -2.33. The summed E-state index contributed by atoms with van der Waals surface area (Å²) in [4.78, 5) is 16.3. The number of halogens is 1. The number of nitrogens with one attached hydrogen (secondary N) is 2. The summed E-state index contributed by atoms with van der Waals surface area (Å²) in [6.45, 7) is 2.78. The largest absolute Gasteiger partial charge is 0.356 e. The number of guanidine groups is 1. The van der Waals surface area contributed by atoms with E-state index in [1.54, 1.807) is 7.05 Å². The molecule has 0 saturated heterocycles. The van der Waals surface area contributed by atoms with Crippen LogP contribution in [0.25, 0.3) is 0 Å². The number of hydrogen-bond donors (Lipinski definition) is 2.